The molecule has 1 aromatic carbocycles. The van der Waals surface area contributed by atoms with Gasteiger partial charge >= 0.3 is 0 Å². The second-order valence-electron chi connectivity index (χ2n) is 4.52. The zero-order chi connectivity index (χ0) is 15.2. The van der Waals surface area contributed by atoms with Gasteiger partial charge in [-0.1, -0.05) is 18.2 Å². The van der Waals surface area contributed by atoms with E-state index in [2.05, 4.69) is 10.6 Å². The molecule has 2 aromatic rings. The van der Waals surface area contributed by atoms with Crippen molar-refractivity contribution in [3.05, 3.63) is 52.2 Å². The standard InChI is InChI=1S/C15H16N2O3S/c1-10(16-15(20)13-6-3-7-21-13)14(19)17-12-5-2-4-11(8-12)9-18/h2-8,10,18H,9H2,1H3,(H,16,20)(H,17,19). The van der Waals surface area contributed by atoms with Gasteiger partial charge in [0.05, 0.1) is 11.5 Å². The summed E-state index contributed by atoms with van der Waals surface area (Å²) < 4.78 is 0. The third-order valence-electron chi connectivity index (χ3n) is 2.86. The van der Waals surface area contributed by atoms with Crippen LogP contribution >= 0.6 is 11.3 Å². The number of carbonyl (C=O) groups excluding carboxylic acids is 2. The second-order valence-corrected chi connectivity index (χ2v) is 5.47. The van der Waals surface area contributed by atoms with E-state index >= 15 is 0 Å². The molecule has 2 amide bonds. The summed E-state index contributed by atoms with van der Waals surface area (Å²) in [6, 6.07) is 9.75. The van der Waals surface area contributed by atoms with E-state index in [0.29, 0.717) is 16.1 Å². The number of amides is 2. The molecule has 5 nitrogen and oxygen atoms in total. The highest BCUT2D eigenvalue weighted by Crippen LogP contribution is 2.11. The summed E-state index contributed by atoms with van der Waals surface area (Å²) in [7, 11) is 0. The van der Waals surface area contributed by atoms with Gasteiger partial charge < -0.3 is 15.7 Å². The highest BCUT2D eigenvalue weighted by Gasteiger charge is 2.17. The molecule has 0 radical (unpaired) electrons. The first-order chi connectivity index (χ1) is 10.1. The molecule has 21 heavy (non-hydrogen) atoms. The SMILES string of the molecule is CC(NC(=O)c1cccs1)C(=O)Nc1cccc(CO)c1. The van der Waals surface area contributed by atoms with Crippen LogP contribution in [0, 0.1) is 0 Å². The van der Waals surface area contributed by atoms with Crippen LogP contribution in [0.25, 0.3) is 0 Å². The number of carbonyl (C=O) groups is 2. The van der Waals surface area contributed by atoms with E-state index in [1.165, 1.54) is 11.3 Å². The smallest absolute Gasteiger partial charge is 0.261 e. The molecule has 0 bridgehead atoms. The van der Waals surface area contributed by atoms with Crippen LogP contribution in [0.15, 0.2) is 41.8 Å². The van der Waals surface area contributed by atoms with Crippen molar-refractivity contribution in [2.24, 2.45) is 0 Å². The topological polar surface area (TPSA) is 78.4 Å². The van der Waals surface area contributed by atoms with Crippen molar-refractivity contribution in [3.8, 4) is 0 Å². The lowest BCUT2D eigenvalue weighted by molar-refractivity contribution is -0.117. The average Bonchev–Trinajstić information content (AvgIpc) is 3.01. The fourth-order valence-electron chi connectivity index (χ4n) is 1.74. The van der Waals surface area contributed by atoms with E-state index in [1.807, 2.05) is 0 Å². The van der Waals surface area contributed by atoms with Crippen LogP contribution in [-0.4, -0.2) is 23.0 Å². The van der Waals surface area contributed by atoms with Crippen molar-refractivity contribution in [1.29, 1.82) is 0 Å². The number of thiophene rings is 1. The highest BCUT2D eigenvalue weighted by atomic mass is 32.1. The molecule has 0 saturated heterocycles. The first-order valence-electron chi connectivity index (χ1n) is 6.45. The molecular formula is C15H16N2O3S. The molecule has 3 N–H and O–H groups in total. The van der Waals surface area contributed by atoms with Gasteiger partial charge in [-0.2, -0.15) is 0 Å². The van der Waals surface area contributed by atoms with Crippen LogP contribution in [0.4, 0.5) is 5.69 Å². The van der Waals surface area contributed by atoms with Crippen LogP contribution in [0.2, 0.25) is 0 Å². The molecule has 0 spiro atoms. The molecule has 0 saturated carbocycles. The largest absolute Gasteiger partial charge is 0.392 e. The maximum atomic E-state index is 12.0. The van der Waals surface area contributed by atoms with Crippen molar-refractivity contribution in [2.75, 3.05) is 5.32 Å². The van der Waals surface area contributed by atoms with Gasteiger partial charge in [0.25, 0.3) is 5.91 Å². The van der Waals surface area contributed by atoms with Crippen molar-refractivity contribution >= 4 is 28.8 Å². The zero-order valence-corrected chi connectivity index (χ0v) is 12.3. The van der Waals surface area contributed by atoms with Crippen molar-refractivity contribution in [2.45, 2.75) is 19.6 Å². The Labute approximate surface area is 126 Å². The third kappa shape index (κ3) is 4.14. The fraction of sp³-hybridized carbons (Fsp3) is 0.200. The van der Waals surface area contributed by atoms with E-state index in [1.54, 1.807) is 48.7 Å². The lowest BCUT2D eigenvalue weighted by atomic mass is 10.2. The van der Waals surface area contributed by atoms with Crippen molar-refractivity contribution in [3.63, 3.8) is 0 Å². The summed E-state index contributed by atoms with van der Waals surface area (Å²) >= 11 is 1.32. The number of nitrogens with one attached hydrogen (secondary N) is 2. The molecule has 0 aliphatic carbocycles. The Bertz CT molecular complexity index is 626. The van der Waals surface area contributed by atoms with Crippen molar-refractivity contribution < 1.29 is 14.7 Å². The molecule has 1 aromatic heterocycles. The molecular weight excluding hydrogens is 288 g/mol. The van der Waals surface area contributed by atoms with Crippen LogP contribution in [0.3, 0.4) is 0 Å². The van der Waals surface area contributed by atoms with Gasteiger partial charge in [0.2, 0.25) is 5.91 Å². The Morgan fingerprint density at radius 1 is 1.29 bits per heavy atom. The Morgan fingerprint density at radius 3 is 2.76 bits per heavy atom. The van der Waals surface area contributed by atoms with E-state index in [4.69, 9.17) is 5.11 Å². The molecule has 6 heteroatoms. The molecule has 0 fully saturated rings. The van der Waals surface area contributed by atoms with Gasteiger partial charge in [0.15, 0.2) is 0 Å². The van der Waals surface area contributed by atoms with Crippen LogP contribution in [-0.2, 0) is 11.4 Å². The lowest BCUT2D eigenvalue weighted by Gasteiger charge is -2.14. The van der Waals surface area contributed by atoms with Gasteiger partial charge in [-0.3, -0.25) is 9.59 Å². The molecule has 110 valence electrons. The summed E-state index contributed by atoms with van der Waals surface area (Å²) in [4.78, 5) is 24.5. The molecule has 0 aliphatic rings. The first-order valence-corrected chi connectivity index (χ1v) is 7.33. The monoisotopic (exact) mass is 304 g/mol. The van der Waals surface area contributed by atoms with Gasteiger partial charge in [-0.15, -0.1) is 11.3 Å². The molecule has 1 atom stereocenters. The zero-order valence-electron chi connectivity index (χ0n) is 11.5. The van der Waals surface area contributed by atoms with Crippen LogP contribution < -0.4 is 10.6 Å². The predicted octanol–water partition coefficient (Wildman–Crippen LogP) is 2.00. The number of hydrogen-bond acceptors (Lipinski definition) is 4. The second kappa shape index (κ2) is 7.01. The summed E-state index contributed by atoms with van der Waals surface area (Å²) in [5.41, 5.74) is 1.30. The first kappa shape index (κ1) is 15.2. The fourth-order valence-corrected chi connectivity index (χ4v) is 2.37. The number of aliphatic hydroxyl groups excluding tert-OH is 1. The number of anilines is 1. The summed E-state index contributed by atoms with van der Waals surface area (Å²) in [5.74, 6) is -0.577. The normalized spacial score (nSPS) is 11.7. The summed E-state index contributed by atoms with van der Waals surface area (Å²) in [6.45, 7) is 1.53. The Balaban J connectivity index is 1.94. The number of rotatable bonds is 5. The number of hydrogen-bond donors (Lipinski definition) is 3. The maximum Gasteiger partial charge on any atom is 0.261 e. The van der Waals surface area contributed by atoms with Gasteiger partial charge in [-0.25, -0.2) is 0 Å². The Kier molecular flexibility index (Phi) is 5.08. The Hall–Kier alpha value is -2.18. The lowest BCUT2D eigenvalue weighted by Crippen LogP contribution is -2.41. The quantitative estimate of drug-likeness (QED) is 0.790. The minimum Gasteiger partial charge on any atom is -0.392 e. The molecule has 2 rings (SSSR count). The number of aliphatic hydroxyl groups is 1. The maximum absolute atomic E-state index is 12.0. The number of benzene rings is 1. The highest BCUT2D eigenvalue weighted by molar-refractivity contribution is 7.12. The Morgan fingerprint density at radius 2 is 2.10 bits per heavy atom. The predicted molar refractivity (Wildman–Crippen MR) is 82.2 cm³/mol. The summed E-state index contributed by atoms with van der Waals surface area (Å²) in [6.07, 6.45) is 0. The molecule has 0 aliphatic heterocycles. The minimum absolute atomic E-state index is 0.0889. The summed E-state index contributed by atoms with van der Waals surface area (Å²) in [5, 5.41) is 16.2. The molecule has 1 unspecified atom stereocenters. The van der Waals surface area contributed by atoms with E-state index < -0.39 is 6.04 Å². The van der Waals surface area contributed by atoms with E-state index in [-0.39, 0.29) is 18.4 Å². The molecule has 1 heterocycles. The minimum atomic E-state index is -0.655. The van der Waals surface area contributed by atoms with E-state index in [0.717, 1.165) is 0 Å². The van der Waals surface area contributed by atoms with Gasteiger partial charge in [-0.05, 0) is 36.1 Å². The van der Waals surface area contributed by atoms with Gasteiger partial charge in [0.1, 0.15) is 6.04 Å². The van der Waals surface area contributed by atoms with Gasteiger partial charge in [0, 0.05) is 5.69 Å². The third-order valence-corrected chi connectivity index (χ3v) is 3.73. The average molecular weight is 304 g/mol. The van der Waals surface area contributed by atoms with Crippen LogP contribution in [0.5, 0.6) is 0 Å². The van der Waals surface area contributed by atoms with Crippen LogP contribution in [0.1, 0.15) is 22.2 Å². The van der Waals surface area contributed by atoms with E-state index in [9.17, 15) is 9.59 Å². The van der Waals surface area contributed by atoms with Crippen molar-refractivity contribution in [1.82, 2.24) is 5.32 Å².